The van der Waals surface area contributed by atoms with E-state index in [0.29, 0.717) is 23.4 Å². The minimum absolute atomic E-state index is 0.0349. The van der Waals surface area contributed by atoms with Crippen molar-refractivity contribution in [3.8, 4) is 0 Å². The number of halogens is 1. The lowest BCUT2D eigenvalue weighted by Gasteiger charge is -2.28. The monoisotopic (exact) mass is 376 g/mol. The van der Waals surface area contributed by atoms with Crippen molar-refractivity contribution in [1.29, 1.82) is 0 Å². The largest absolute Gasteiger partial charge is 0.376 e. The Hall–Kier alpha value is -2.41. The summed E-state index contributed by atoms with van der Waals surface area (Å²) >= 11 is 0. The number of rotatable bonds is 5. The maximum atomic E-state index is 13.7. The standard InChI is InChI=1S/C19H21FN2O3S/c1-14-7-8-15(11-18(14)20)21-12-19(23)22(16-5-3-2-4-6-16)17-9-10-26(24,25)13-17/h2-8,11,17,21H,9-10,12-13H2,1H3/t17-/m1/s1. The van der Waals surface area contributed by atoms with Crippen LogP contribution in [0.3, 0.4) is 0 Å². The highest BCUT2D eigenvalue weighted by Gasteiger charge is 2.35. The van der Waals surface area contributed by atoms with E-state index in [1.807, 2.05) is 18.2 Å². The number of carbonyl (C=O) groups excluding carboxylic acids is 1. The van der Waals surface area contributed by atoms with E-state index in [1.54, 1.807) is 36.1 Å². The molecule has 1 aliphatic rings. The minimum atomic E-state index is -3.12. The Morgan fingerprint density at radius 3 is 2.58 bits per heavy atom. The van der Waals surface area contributed by atoms with Gasteiger partial charge in [-0.1, -0.05) is 24.3 Å². The number of benzene rings is 2. The number of sulfone groups is 1. The van der Waals surface area contributed by atoms with Crippen molar-refractivity contribution < 1.29 is 17.6 Å². The van der Waals surface area contributed by atoms with Crippen molar-refractivity contribution in [2.45, 2.75) is 19.4 Å². The van der Waals surface area contributed by atoms with Crippen molar-refractivity contribution in [3.63, 3.8) is 0 Å². The Balaban J connectivity index is 1.78. The number of carbonyl (C=O) groups is 1. The molecule has 1 fully saturated rings. The van der Waals surface area contributed by atoms with Gasteiger partial charge in [0.1, 0.15) is 5.82 Å². The molecule has 1 atom stereocenters. The lowest BCUT2D eigenvalue weighted by atomic mass is 10.1. The number of hydrogen-bond acceptors (Lipinski definition) is 4. The van der Waals surface area contributed by atoms with Crippen LogP contribution in [0.2, 0.25) is 0 Å². The quantitative estimate of drug-likeness (QED) is 0.871. The Labute approximate surface area is 152 Å². The first-order valence-electron chi connectivity index (χ1n) is 8.43. The van der Waals surface area contributed by atoms with Crippen LogP contribution >= 0.6 is 0 Å². The highest BCUT2D eigenvalue weighted by atomic mass is 32.2. The normalized spacial score (nSPS) is 18.5. The topological polar surface area (TPSA) is 66.5 Å². The number of amides is 1. The third-order valence-electron chi connectivity index (χ3n) is 4.49. The summed E-state index contributed by atoms with van der Waals surface area (Å²) < 4.78 is 37.4. The first-order valence-corrected chi connectivity index (χ1v) is 10.3. The van der Waals surface area contributed by atoms with Crippen molar-refractivity contribution >= 4 is 27.1 Å². The van der Waals surface area contributed by atoms with E-state index in [1.165, 1.54) is 6.07 Å². The van der Waals surface area contributed by atoms with Crippen molar-refractivity contribution in [3.05, 3.63) is 59.9 Å². The van der Waals surface area contributed by atoms with Crippen molar-refractivity contribution in [2.75, 3.05) is 28.3 Å². The molecule has 5 nitrogen and oxygen atoms in total. The van der Waals surface area contributed by atoms with Gasteiger partial charge in [-0.2, -0.15) is 0 Å². The number of aryl methyl sites for hydroxylation is 1. The van der Waals surface area contributed by atoms with Gasteiger partial charge in [0.25, 0.3) is 0 Å². The summed E-state index contributed by atoms with van der Waals surface area (Å²) in [5.74, 6) is -0.541. The van der Waals surface area contributed by atoms with Crippen molar-refractivity contribution in [1.82, 2.24) is 0 Å². The summed E-state index contributed by atoms with van der Waals surface area (Å²) in [6, 6.07) is 13.3. The van der Waals surface area contributed by atoms with E-state index in [-0.39, 0.29) is 35.8 Å². The first-order chi connectivity index (χ1) is 12.4. The SMILES string of the molecule is Cc1ccc(NCC(=O)N(c2ccccc2)[C@@H]2CCS(=O)(=O)C2)cc1F. The number of nitrogens with zero attached hydrogens (tertiary/aromatic N) is 1. The molecule has 1 aliphatic heterocycles. The van der Waals surface area contributed by atoms with Gasteiger partial charge in [-0.25, -0.2) is 12.8 Å². The molecule has 138 valence electrons. The van der Waals surface area contributed by atoms with Crippen LogP contribution in [0.25, 0.3) is 0 Å². The Morgan fingerprint density at radius 1 is 1.23 bits per heavy atom. The Kier molecular flexibility index (Phi) is 5.27. The fraction of sp³-hybridized carbons (Fsp3) is 0.316. The molecule has 0 bridgehead atoms. The predicted octanol–water partition coefficient (Wildman–Crippen LogP) is 2.77. The molecule has 1 amide bonds. The zero-order valence-electron chi connectivity index (χ0n) is 14.5. The van der Waals surface area contributed by atoms with Gasteiger partial charge < -0.3 is 10.2 Å². The molecule has 1 saturated heterocycles. The molecule has 0 unspecified atom stereocenters. The molecular weight excluding hydrogens is 355 g/mol. The average molecular weight is 376 g/mol. The molecule has 0 saturated carbocycles. The predicted molar refractivity (Wildman–Crippen MR) is 101 cm³/mol. The zero-order valence-corrected chi connectivity index (χ0v) is 15.3. The molecule has 3 rings (SSSR count). The van der Waals surface area contributed by atoms with E-state index in [4.69, 9.17) is 0 Å². The molecule has 26 heavy (non-hydrogen) atoms. The second kappa shape index (κ2) is 7.45. The number of nitrogens with one attached hydrogen (secondary N) is 1. The lowest BCUT2D eigenvalue weighted by Crippen LogP contribution is -2.44. The fourth-order valence-electron chi connectivity index (χ4n) is 3.09. The lowest BCUT2D eigenvalue weighted by molar-refractivity contribution is -0.117. The maximum Gasteiger partial charge on any atom is 0.246 e. The second-order valence-corrected chi connectivity index (χ2v) is 8.70. The van der Waals surface area contributed by atoms with E-state index in [0.717, 1.165) is 0 Å². The summed E-state index contributed by atoms with van der Waals surface area (Å²) in [6.07, 6.45) is 0.419. The first kappa shape index (κ1) is 18.4. The zero-order chi connectivity index (χ0) is 18.7. The average Bonchev–Trinajstić information content (AvgIpc) is 2.96. The van der Waals surface area contributed by atoms with Crippen LogP contribution in [0.5, 0.6) is 0 Å². The van der Waals surface area contributed by atoms with E-state index in [2.05, 4.69) is 5.32 Å². The van der Waals surface area contributed by atoms with Crippen LogP contribution in [-0.4, -0.2) is 38.4 Å². The van der Waals surface area contributed by atoms with Gasteiger partial charge in [-0.05, 0) is 43.2 Å². The van der Waals surface area contributed by atoms with Crippen LogP contribution in [0.1, 0.15) is 12.0 Å². The van der Waals surface area contributed by atoms with Crippen LogP contribution in [0.15, 0.2) is 48.5 Å². The Bertz CT molecular complexity index is 900. The van der Waals surface area contributed by atoms with Crippen molar-refractivity contribution in [2.24, 2.45) is 0 Å². The molecule has 0 aromatic heterocycles. The summed E-state index contributed by atoms with van der Waals surface area (Å²) in [7, 11) is -3.12. The third kappa shape index (κ3) is 4.22. The summed E-state index contributed by atoms with van der Waals surface area (Å²) in [5.41, 5.74) is 1.70. The molecule has 1 heterocycles. The van der Waals surface area contributed by atoms with E-state index in [9.17, 15) is 17.6 Å². The van der Waals surface area contributed by atoms with Crippen LogP contribution in [0, 0.1) is 12.7 Å². The molecule has 7 heteroatoms. The number of hydrogen-bond donors (Lipinski definition) is 1. The molecule has 1 N–H and O–H groups in total. The minimum Gasteiger partial charge on any atom is -0.376 e. The highest BCUT2D eigenvalue weighted by molar-refractivity contribution is 7.91. The maximum absolute atomic E-state index is 13.7. The summed E-state index contributed by atoms with van der Waals surface area (Å²) in [5, 5.41) is 2.93. The van der Waals surface area contributed by atoms with Crippen LogP contribution < -0.4 is 10.2 Å². The van der Waals surface area contributed by atoms with Gasteiger partial charge in [0, 0.05) is 11.4 Å². The smallest absolute Gasteiger partial charge is 0.246 e. The van der Waals surface area contributed by atoms with Gasteiger partial charge in [-0.3, -0.25) is 4.79 Å². The molecule has 2 aromatic carbocycles. The third-order valence-corrected chi connectivity index (χ3v) is 6.24. The molecule has 2 aromatic rings. The van der Waals surface area contributed by atoms with Gasteiger partial charge in [0.2, 0.25) is 5.91 Å². The molecule has 0 spiro atoms. The van der Waals surface area contributed by atoms with E-state index >= 15 is 0 Å². The second-order valence-electron chi connectivity index (χ2n) is 6.47. The van der Waals surface area contributed by atoms with E-state index < -0.39 is 9.84 Å². The van der Waals surface area contributed by atoms with Crippen LogP contribution in [-0.2, 0) is 14.6 Å². The highest BCUT2D eigenvalue weighted by Crippen LogP contribution is 2.24. The molecule has 0 aliphatic carbocycles. The molecular formula is C19H21FN2O3S. The van der Waals surface area contributed by atoms with Gasteiger partial charge in [0.15, 0.2) is 9.84 Å². The fourth-order valence-corrected chi connectivity index (χ4v) is 4.79. The molecule has 0 radical (unpaired) electrons. The summed E-state index contributed by atoms with van der Waals surface area (Å²) in [4.78, 5) is 14.4. The number of para-hydroxylation sites is 1. The number of anilines is 2. The summed E-state index contributed by atoms with van der Waals surface area (Å²) in [6.45, 7) is 1.62. The van der Waals surface area contributed by atoms with Gasteiger partial charge in [-0.15, -0.1) is 0 Å². The Morgan fingerprint density at radius 2 is 1.96 bits per heavy atom. The van der Waals surface area contributed by atoms with Gasteiger partial charge in [0.05, 0.1) is 24.1 Å². The van der Waals surface area contributed by atoms with Crippen LogP contribution in [0.4, 0.5) is 15.8 Å². The van der Waals surface area contributed by atoms with Gasteiger partial charge >= 0.3 is 0 Å².